The summed E-state index contributed by atoms with van der Waals surface area (Å²) in [5.74, 6) is -0.0266. The van der Waals surface area contributed by atoms with Crippen molar-refractivity contribution in [3.05, 3.63) is 59.7 Å². The first kappa shape index (κ1) is 22.3. The quantitative estimate of drug-likeness (QED) is 0.715. The lowest BCUT2D eigenvalue weighted by molar-refractivity contribution is -0.125. The fourth-order valence-electron chi connectivity index (χ4n) is 3.99. The van der Waals surface area contributed by atoms with Crippen LogP contribution in [0.4, 0.5) is 5.69 Å². The number of nitrogens with one attached hydrogen (secondary N) is 1. The predicted octanol–water partition coefficient (Wildman–Crippen LogP) is 4.27. The number of aryl methyl sites for hydroxylation is 1. The standard InChI is InChI=1S/C24H32N2O3S/c1-18-9-15-22(16-10-18)30(28,29)23(19-11-13-21(14-12-19)26(2)3)17-25-24(27)20-7-5-4-6-8-20/h9-16,20,23H,4-8,17H2,1-3H3,(H,25,27)/t23-/m1/s1. The summed E-state index contributed by atoms with van der Waals surface area (Å²) in [6.07, 6.45) is 5.08. The number of hydrogen-bond donors (Lipinski definition) is 1. The minimum Gasteiger partial charge on any atom is -0.378 e. The number of hydrogen-bond acceptors (Lipinski definition) is 4. The molecular formula is C24H32N2O3S. The topological polar surface area (TPSA) is 66.5 Å². The van der Waals surface area contributed by atoms with Gasteiger partial charge in [0.2, 0.25) is 5.91 Å². The molecule has 2 aromatic rings. The molecule has 1 fully saturated rings. The minimum absolute atomic E-state index is 0.00223. The van der Waals surface area contributed by atoms with Crippen molar-refractivity contribution >= 4 is 21.4 Å². The SMILES string of the molecule is Cc1ccc(S(=O)(=O)[C@H](CNC(=O)C2CCCCC2)c2ccc(N(C)C)cc2)cc1. The number of benzene rings is 2. The van der Waals surface area contributed by atoms with E-state index in [1.54, 1.807) is 24.3 Å². The third-order valence-corrected chi connectivity index (χ3v) is 8.06. The van der Waals surface area contributed by atoms with Crippen molar-refractivity contribution in [1.29, 1.82) is 0 Å². The van der Waals surface area contributed by atoms with Gasteiger partial charge in [0.25, 0.3) is 0 Å². The van der Waals surface area contributed by atoms with Crippen LogP contribution < -0.4 is 10.2 Å². The molecule has 1 N–H and O–H groups in total. The largest absolute Gasteiger partial charge is 0.378 e. The molecule has 2 aromatic carbocycles. The summed E-state index contributed by atoms with van der Waals surface area (Å²) in [7, 11) is 0.230. The second-order valence-corrected chi connectivity index (χ2v) is 10.5. The monoisotopic (exact) mass is 428 g/mol. The summed E-state index contributed by atoms with van der Waals surface area (Å²) in [5.41, 5.74) is 2.69. The fraction of sp³-hybridized carbons (Fsp3) is 0.458. The summed E-state index contributed by atoms with van der Waals surface area (Å²) in [5, 5.41) is 2.12. The summed E-state index contributed by atoms with van der Waals surface area (Å²) in [6, 6.07) is 14.4. The summed E-state index contributed by atoms with van der Waals surface area (Å²) >= 11 is 0. The van der Waals surface area contributed by atoms with E-state index in [-0.39, 0.29) is 23.3 Å². The van der Waals surface area contributed by atoms with Crippen LogP contribution in [-0.4, -0.2) is 35.0 Å². The highest BCUT2D eigenvalue weighted by molar-refractivity contribution is 7.91. The number of nitrogens with zero attached hydrogens (tertiary/aromatic N) is 1. The number of carbonyl (C=O) groups is 1. The zero-order chi connectivity index (χ0) is 21.7. The molecule has 0 unspecified atom stereocenters. The second-order valence-electron chi connectivity index (χ2n) is 8.41. The van der Waals surface area contributed by atoms with Crippen LogP contribution in [0.15, 0.2) is 53.4 Å². The zero-order valence-electron chi connectivity index (χ0n) is 18.1. The Morgan fingerprint density at radius 2 is 1.60 bits per heavy atom. The summed E-state index contributed by atoms with van der Waals surface area (Å²) < 4.78 is 27.0. The molecule has 5 nitrogen and oxygen atoms in total. The van der Waals surface area contributed by atoms with Crippen LogP contribution in [0.3, 0.4) is 0 Å². The third-order valence-electron chi connectivity index (χ3n) is 5.94. The Morgan fingerprint density at radius 3 is 2.17 bits per heavy atom. The summed E-state index contributed by atoms with van der Waals surface area (Å²) in [6.45, 7) is 2.01. The molecule has 1 saturated carbocycles. The number of amides is 1. The first-order valence-corrected chi connectivity index (χ1v) is 12.2. The molecule has 1 aliphatic rings. The lowest BCUT2D eigenvalue weighted by Gasteiger charge is -2.24. The minimum atomic E-state index is -3.66. The molecule has 30 heavy (non-hydrogen) atoms. The van der Waals surface area contributed by atoms with Crippen molar-refractivity contribution < 1.29 is 13.2 Å². The normalized spacial score (nSPS) is 16.1. The van der Waals surface area contributed by atoms with Gasteiger partial charge in [-0.1, -0.05) is 49.1 Å². The molecule has 162 valence electrons. The molecule has 6 heteroatoms. The number of sulfone groups is 1. The van der Waals surface area contributed by atoms with Gasteiger partial charge in [0, 0.05) is 32.2 Å². The maximum Gasteiger partial charge on any atom is 0.223 e. The van der Waals surface area contributed by atoms with Crippen LogP contribution in [0.2, 0.25) is 0 Å². The van der Waals surface area contributed by atoms with Crippen LogP contribution in [0.1, 0.15) is 48.5 Å². The predicted molar refractivity (Wildman–Crippen MR) is 121 cm³/mol. The first-order valence-electron chi connectivity index (χ1n) is 10.6. The number of carbonyl (C=O) groups excluding carboxylic acids is 1. The molecule has 0 spiro atoms. The van der Waals surface area contributed by atoms with E-state index in [2.05, 4.69) is 5.32 Å². The number of rotatable bonds is 7. The highest BCUT2D eigenvalue weighted by Gasteiger charge is 2.31. The van der Waals surface area contributed by atoms with Crippen LogP contribution >= 0.6 is 0 Å². The van der Waals surface area contributed by atoms with Gasteiger partial charge in [0.1, 0.15) is 5.25 Å². The van der Waals surface area contributed by atoms with E-state index in [9.17, 15) is 13.2 Å². The molecule has 0 aromatic heterocycles. The van der Waals surface area contributed by atoms with E-state index in [1.807, 2.05) is 50.2 Å². The molecule has 0 bridgehead atoms. The summed E-state index contributed by atoms with van der Waals surface area (Å²) in [4.78, 5) is 14.9. The zero-order valence-corrected chi connectivity index (χ0v) is 18.9. The highest BCUT2D eigenvalue weighted by atomic mass is 32.2. The van der Waals surface area contributed by atoms with E-state index in [4.69, 9.17) is 0 Å². The third kappa shape index (κ3) is 5.22. The van der Waals surface area contributed by atoms with E-state index in [0.717, 1.165) is 36.9 Å². The van der Waals surface area contributed by atoms with E-state index < -0.39 is 15.1 Å². The van der Waals surface area contributed by atoms with Crippen molar-refractivity contribution in [2.24, 2.45) is 5.92 Å². The van der Waals surface area contributed by atoms with Gasteiger partial charge in [-0.25, -0.2) is 8.42 Å². The Hall–Kier alpha value is -2.34. The second kappa shape index (κ2) is 9.65. The molecule has 0 aliphatic heterocycles. The Balaban J connectivity index is 1.87. The van der Waals surface area contributed by atoms with E-state index in [1.165, 1.54) is 6.42 Å². The van der Waals surface area contributed by atoms with Crippen molar-refractivity contribution in [1.82, 2.24) is 5.32 Å². The van der Waals surface area contributed by atoms with Crippen LogP contribution in [-0.2, 0) is 14.6 Å². The molecule has 1 atom stereocenters. The lowest BCUT2D eigenvalue weighted by atomic mass is 9.88. The van der Waals surface area contributed by atoms with E-state index in [0.29, 0.717) is 5.56 Å². The van der Waals surface area contributed by atoms with Gasteiger partial charge in [-0.2, -0.15) is 0 Å². The smallest absolute Gasteiger partial charge is 0.223 e. The average molecular weight is 429 g/mol. The maximum atomic E-state index is 13.5. The van der Waals surface area contributed by atoms with Gasteiger partial charge < -0.3 is 10.2 Å². The fourth-order valence-corrected chi connectivity index (χ4v) is 5.65. The van der Waals surface area contributed by atoms with Gasteiger partial charge in [-0.3, -0.25) is 4.79 Å². The highest BCUT2D eigenvalue weighted by Crippen LogP contribution is 2.30. The van der Waals surface area contributed by atoms with Gasteiger partial charge in [0.05, 0.1) is 4.90 Å². The van der Waals surface area contributed by atoms with Crippen LogP contribution in [0.25, 0.3) is 0 Å². The molecule has 1 amide bonds. The first-order chi connectivity index (χ1) is 14.3. The molecule has 3 rings (SSSR count). The average Bonchev–Trinajstić information content (AvgIpc) is 2.75. The van der Waals surface area contributed by atoms with Crippen molar-refractivity contribution in [3.63, 3.8) is 0 Å². The van der Waals surface area contributed by atoms with Gasteiger partial charge in [0.15, 0.2) is 9.84 Å². The van der Waals surface area contributed by atoms with Crippen LogP contribution in [0, 0.1) is 12.8 Å². The van der Waals surface area contributed by atoms with E-state index >= 15 is 0 Å². The van der Waals surface area contributed by atoms with Gasteiger partial charge in [-0.15, -0.1) is 0 Å². The van der Waals surface area contributed by atoms with Gasteiger partial charge >= 0.3 is 0 Å². The molecule has 0 saturated heterocycles. The Labute approximate surface area is 180 Å². The molecule has 1 aliphatic carbocycles. The van der Waals surface area contributed by atoms with Crippen molar-refractivity contribution in [2.45, 2.75) is 49.2 Å². The molecule has 0 radical (unpaired) electrons. The Morgan fingerprint density at radius 1 is 1.00 bits per heavy atom. The van der Waals surface area contributed by atoms with Crippen molar-refractivity contribution in [3.8, 4) is 0 Å². The lowest BCUT2D eigenvalue weighted by Crippen LogP contribution is -2.36. The molecule has 0 heterocycles. The van der Waals surface area contributed by atoms with Crippen LogP contribution in [0.5, 0.6) is 0 Å². The maximum absolute atomic E-state index is 13.5. The van der Waals surface area contributed by atoms with Crippen molar-refractivity contribution in [2.75, 3.05) is 25.5 Å². The molecular weight excluding hydrogens is 396 g/mol. The number of anilines is 1. The Kier molecular flexibility index (Phi) is 7.19. The Bertz CT molecular complexity index is 945. The van der Waals surface area contributed by atoms with Gasteiger partial charge in [-0.05, 0) is 49.6 Å².